The van der Waals surface area contributed by atoms with Crippen LogP contribution in [-0.2, 0) is 0 Å². The van der Waals surface area contributed by atoms with Crippen LogP contribution < -0.4 is 15.2 Å². The molecule has 0 heterocycles. The zero-order valence-corrected chi connectivity index (χ0v) is 12.4. The molecule has 3 heteroatoms. The lowest BCUT2D eigenvalue weighted by atomic mass is 9.75. The Bertz CT molecular complexity index is 442. The molecule has 1 aromatic carbocycles. The summed E-state index contributed by atoms with van der Waals surface area (Å²) in [5.74, 6) is 2.14. The highest BCUT2D eigenvalue weighted by Crippen LogP contribution is 2.49. The van der Waals surface area contributed by atoms with Gasteiger partial charge in [0.2, 0.25) is 0 Å². The third-order valence-corrected chi connectivity index (χ3v) is 4.57. The number of benzene rings is 1. The molecule has 0 radical (unpaired) electrons. The van der Waals surface area contributed by atoms with Gasteiger partial charge in [-0.15, -0.1) is 0 Å². The summed E-state index contributed by atoms with van der Waals surface area (Å²) < 4.78 is 10.7. The quantitative estimate of drug-likeness (QED) is 0.903. The fraction of sp³-hybridized carbons (Fsp3) is 0.625. The molecule has 3 nitrogen and oxygen atoms in total. The number of hydrogen-bond donors (Lipinski definition) is 1. The van der Waals surface area contributed by atoms with Gasteiger partial charge in [0.05, 0.1) is 14.2 Å². The van der Waals surface area contributed by atoms with Gasteiger partial charge in [0.25, 0.3) is 0 Å². The Morgan fingerprint density at radius 3 is 2.53 bits per heavy atom. The Balaban J connectivity index is 2.30. The molecule has 2 unspecified atom stereocenters. The van der Waals surface area contributed by atoms with E-state index in [0.717, 1.165) is 17.1 Å². The van der Waals surface area contributed by atoms with Gasteiger partial charge in [-0.3, -0.25) is 0 Å². The van der Waals surface area contributed by atoms with E-state index in [-0.39, 0.29) is 6.04 Å². The van der Waals surface area contributed by atoms with Gasteiger partial charge < -0.3 is 15.2 Å². The van der Waals surface area contributed by atoms with Crippen LogP contribution in [0, 0.1) is 11.3 Å². The van der Waals surface area contributed by atoms with Gasteiger partial charge >= 0.3 is 0 Å². The molecule has 0 spiro atoms. The van der Waals surface area contributed by atoms with Gasteiger partial charge in [-0.25, -0.2) is 0 Å². The molecule has 2 atom stereocenters. The van der Waals surface area contributed by atoms with Crippen LogP contribution in [0.5, 0.6) is 11.5 Å². The van der Waals surface area contributed by atoms with Gasteiger partial charge in [0, 0.05) is 17.7 Å². The van der Waals surface area contributed by atoms with E-state index < -0.39 is 0 Å². The summed E-state index contributed by atoms with van der Waals surface area (Å²) in [6.45, 7) is 4.64. The topological polar surface area (TPSA) is 44.5 Å². The van der Waals surface area contributed by atoms with Crippen molar-refractivity contribution in [1.29, 1.82) is 0 Å². The molecular weight excluding hydrogens is 238 g/mol. The second kappa shape index (κ2) is 5.41. The standard InChI is InChI=1S/C16H25NO2/c1-16(2)9-5-6-13(16)15(17)12-8-7-11(18-3)10-14(12)19-4/h7-8,10,13,15H,5-6,9,17H2,1-4H3. The minimum Gasteiger partial charge on any atom is -0.497 e. The van der Waals surface area contributed by atoms with Crippen molar-refractivity contribution in [3.8, 4) is 11.5 Å². The van der Waals surface area contributed by atoms with E-state index in [1.807, 2.05) is 18.2 Å². The highest BCUT2D eigenvalue weighted by atomic mass is 16.5. The van der Waals surface area contributed by atoms with E-state index in [0.29, 0.717) is 11.3 Å². The van der Waals surface area contributed by atoms with E-state index in [4.69, 9.17) is 15.2 Å². The maximum atomic E-state index is 6.52. The number of nitrogens with two attached hydrogens (primary N) is 1. The van der Waals surface area contributed by atoms with Crippen molar-refractivity contribution in [3.63, 3.8) is 0 Å². The van der Waals surface area contributed by atoms with Crippen molar-refractivity contribution in [2.45, 2.75) is 39.2 Å². The second-order valence-electron chi connectivity index (χ2n) is 6.12. The number of hydrogen-bond acceptors (Lipinski definition) is 3. The number of methoxy groups -OCH3 is 2. The van der Waals surface area contributed by atoms with Gasteiger partial charge in [-0.2, -0.15) is 0 Å². The lowest BCUT2D eigenvalue weighted by Crippen LogP contribution is -2.29. The summed E-state index contributed by atoms with van der Waals surface area (Å²) >= 11 is 0. The average Bonchev–Trinajstić information content (AvgIpc) is 2.76. The Morgan fingerprint density at radius 2 is 2.00 bits per heavy atom. The minimum atomic E-state index is 0.0263. The first-order chi connectivity index (χ1) is 8.99. The maximum absolute atomic E-state index is 6.52. The molecule has 1 saturated carbocycles. The monoisotopic (exact) mass is 263 g/mol. The highest BCUT2D eigenvalue weighted by molar-refractivity contribution is 5.42. The summed E-state index contributed by atoms with van der Waals surface area (Å²) in [6.07, 6.45) is 3.72. The van der Waals surface area contributed by atoms with Crippen molar-refractivity contribution in [2.24, 2.45) is 17.1 Å². The number of rotatable bonds is 4. The fourth-order valence-corrected chi connectivity index (χ4v) is 3.33. The molecule has 0 saturated heterocycles. The van der Waals surface area contributed by atoms with Crippen LogP contribution in [0.4, 0.5) is 0 Å². The molecule has 0 amide bonds. The van der Waals surface area contributed by atoms with Crippen molar-refractivity contribution in [3.05, 3.63) is 23.8 Å². The summed E-state index contributed by atoms with van der Waals surface area (Å²) in [5, 5.41) is 0. The molecule has 19 heavy (non-hydrogen) atoms. The average molecular weight is 263 g/mol. The van der Waals surface area contributed by atoms with Crippen LogP contribution in [0.25, 0.3) is 0 Å². The minimum absolute atomic E-state index is 0.0263. The maximum Gasteiger partial charge on any atom is 0.127 e. The van der Waals surface area contributed by atoms with Crippen LogP contribution in [-0.4, -0.2) is 14.2 Å². The highest BCUT2D eigenvalue weighted by Gasteiger charge is 2.39. The predicted molar refractivity (Wildman–Crippen MR) is 77.6 cm³/mol. The van der Waals surface area contributed by atoms with E-state index in [9.17, 15) is 0 Å². The molecular formula is C16H25NO2. The van der Waals surface area contributed by atoms with Crippen LogP contribution in [0.2, 0.25) is 0 Å². The molecule has 1 aliphatic carbocycles. The van der Waals surface area contributed by atoms with E-state index >= 15 is 0 Å². The number of ether oxygens (including phenoxy) is 2. The SMILES string of the molecule is COc1ccc(C(N)C2CCCC2(C)C)c(OC)c1. The summed E-state index contributed by atoms with van der Waals surface area (Å²) in [6, 6.07) is 5.94. The largest absolute Gasteiger partial charge is 0.497 e. The molecule has 2 rings (SSSR count). The fourth-order valence-electron chi connectivity index (χ4n) is 3.33. The molecule has 1 fully saturated rings. The first-order valence-electron chi connectivity index (χ1n) is 6.97. The predicted octanol–water partition coefficient (Wildman–Crippen LogP) is 3.53. The molecule has 1 aliphatic rings. The van der Waals surface area contributed by atoms with Gasteiger partial charge in [-0.1, -0.05) is 26.3 Å². The lowest BCUT2D eigenvalue weighted by molar-refractivity contribution is 0.219. The lowest BCUT2D eigenvalue weighted by Gasteiger charge is -2.32. The summed E-state index contributed by atoms with van der Waals surface area (Å²) in [5.41, 5.74) is 7.92. The zero-order valence-electron chi connectivity index (χ0n) is 12.4. The normalized spacial score (nSPS) is 23.1. The van der Waals surface area contributed by atoms with Crippen LogP contribution in [0.3, 0.4) is 0 Å². The first kappa shape index (κ1) is 14.2. The van der Waals surface area contributed by atoms with Gasteiger partial charge in [0.15, 0.2) is 0 Å². The van der Waals surface area contributed by atoms with Gasteiger partial charge in [-0.05, 0) is 30.2 Å². The van der Waals surface area contributed by atoms with E-state index in [2.05, 4.69) is 13.8 Å². The first-order valence-corrected chi connectivity index (χ1v) is 6.97. The molecule has 2 N–H and O–H groups in total. The third-order valence-electron chi connectivity index (χ3n) is 4.57. The molecule has 1 aromatic rings. The Kier molecular flexibility index (Phi) is 4.04. The Morgan fingerprint density at radius 1 is 1.26 bits per heavy atom. The van der Waals surface area contributed by atoms with Crippen molar-refractivity contribution in [1.82, 2.24) is 0 Å². The third kappa shape index (κ3) is 2.71. The van der Waals surface area contributed by atoms with E-state index in [1.165, 1.54) is 19.3 Å². The Labute approximate surface area is 116 Å². The molecule has 0 bridgehead atoms. The van der Waals surface area contributed by atoms with Crippen LogP contribution in [0.1, 0.15) is 44.7 Å². The molecule has 106 valence electrons. The molecule has 0 aliphatic heterocycles. The summed E-state index contributed by atoms with van der Waals surface area (Å²) in [4.78, 5) is 0. The summed E-state index contributed by atoms with van der Waals surface area (Å²) in [7, 11) is 3.35. The van der Waals surface area contributed by atoms with Crippen molar-refractivity contribution in [2.75, 3.05) is 14.2 Å². The smallest absolute Gasteiger partial charge is 0.127 e. The Hall–Kier alpha value is -1.22. The van der Waals surface area contributed by atoms with Gasteiger partial charge in [0.1, 0.15) is 11.5 Å². The van der Waals surface area contributed by atoms with Crippen LogP contribution >= 0.6 is 0 Å². The van der Waals surface area contributed by atoms with Crippen molar-refractivity contribution < 1.29 is 9.47 Å². The van der Waals surface area contributed by atoms with E-state index in [1.54, 1.807) is 14.2 Å². The van der Waals surface area contributed by atoms with Crippen LogP contribution in [0.15, 0.2) is 18.2 Å². The van der Waals surface area contributed by atoms with Crippen molar-refractivity contribution >= 4 is 0 Å². The molecule has 0 aromatic heterocycles. The second-order valence-corrected chi connectivity index (χ2v) is 6.12. The zero-order chi connectivity index (χ0) is 14.0.